The number of tetrazole rings is 1. The van der Waals surface area contributed by atoms with Crippen LogP contribution in [0.25, 0.3) is 11.4 Å². The Morgan fingerprint density at radius 2 is 2.10 bits per heavy atom. The maximum absolute atomic E-state index is 6.06. The van der Waals surface area contributed by atoms with Gasteiger partial charge in [0.2, 0.25) is 0 Å². The summed E-state index contributed by atoms with van der Waals surface area (Å²) in [6.45, 7) is 3.11. The van der Waals surface area contributed by atoms with Crippen molar-refractivity contribution in [3.8, 4) is 11.4 Å². The minimum atomic E-state index is 0.325. The van der Waals surface area contributed by atoms with Crippen molar-refractivity contribution in [3.05, 3.63) is 23.2 Å². The predicted molar refractivity (Wildman–Crippen MR) is 83.9 cm³/mol. The number of aromatic nitrogens is 4. The fourth-order valence-corrected chi connectivity index (χ4v) is 3.49. The first kappa shape index (κ1) is 14.3. The van der Waals surface area contributed by atoms with E-state index in [1.165, 1.54) is 25.7 Å². The zero-order chi connectivity index (χ0) is 14.9. The first-order chi connectivity index (χ1) is 10.1. The average molecular weight is 306 g/mol. The predicted octanol–water partition coefficient (Wildman–Crippen LogP) is 3.55. The molecule has 0 aliphatic heterocycles. The van der Waals surface area contributed by atoms with Gasteiger partial charge in [0.05, 0.1) is 6.54 Å². The summed E-state index contributed by atoms with van der Waals surface area (Å²) in [6.07, 6.45) is 6.25. The largest absolute Gasteiger partial charge is 0.398 e. The van der Waals surface area contributed by atoms with Crippen LogP contribution in [0.2, 0.25) is 5.02 Å². The molecule has 1 aromatic carbocycles. The zero-order valence-corrected chi connectivity index (χ0v) is 13.0. The van der Waals surface area contributed by atoms with Crippen LogP contribution in [0.15, 0.2) is 18.2 Å². The molecule has 2 N–H and O–H groups in total. The van der Waals surface area contributed by atoms with Crippen LogP contribution in [0.4, 0.5) is 5.69 Å². The van der Waals surface area contributed by atoms with Gasteiger partial charge in [-0.1, -0.05) is 31.4 Å². The number of nitrogen functional groups attached to an aromatic ring is 1. The van der Waals surface area contributed by atoms with E-state index in [1.54, 1.807) is 6.07 Å². The summed E-state index contributed by atoms with van der Waals surface area (Å²) in [7, 11) is 0. The fraction of sp³-hybridized carbons (Fsp3) is 0.533. The highest BCUT2D eigenvalue weighted by Gasteiger charge is 2.33. The highest BCUT2D eigenvalue weighted by Crippen LogP contribution is 2.42. The van der Waals surface area contributed by atoms with Gasteiger partial charge >= 0.3 is 0 Å². The third kappa shape index (κ3) is 2.75. The number of anilines is 1. The molecule has 1 aliphatic rings. The van der Waals surface area contributed by atoms with Crippen molar-refractivity contribution in [3.63, 3.8) is 0 Å². The Kier molecular flexibility index (Phi) is 3.85. The Morgan fingerprint density at radius 3 is 2.76 bits per heavy atom. The van der Waals surface area contributed by atoms with Gasteiger partial charge in [-0.25, -0.2) is 4.68 Å². The van der Waals surface area contributed by atoms with Crippen LogP contribution in [0, 0.1) is 5.41 Å². The summed E-state index contributed by atoms with van der Waals surface area (Å²) >= 11 is 5.96. The molecule has 0 unspecified atom stereocenters. The number of rotatable bonds is 4. The van der Waals surface area contributed by atoms with Gasteiger partial charge in [-0.3, -0.25) is 0 Å². The van der Waals surface area contributed by atoms with E-state index < -0.39 is 0 Å². The summed E-state index contributed by atoms with van der Waals surface area (Å²) < 4.78 is 1.90. The third-order valence-corrected chi connectivity index (χ3v) is 4.92. The molecule has 1 aromatic heterocycles. The van der Waals surface area contributed by atoms with E-state index in [1.807, 2.05) is 16.8 Å². The fourth-order valence-electron chi connectivity index (χ4n) is 3.31. The van der Waals surface area contributed by atoms with Crippen LogP contribution in [-0.4, -0.2) is 20.2 Å². The molecule has 0 bridgehead atoms. The van der Waals surface area contributed by atoms with Crippen LogP contribution in [-0.2, 0) is 6.54 Å². The summed E-state index contributed by atoms with van der Waals surface area (Å²) in [6, 6.07) is 5.44. The smallest absolute Gasteiger partial charge is 0.184 e. The number of hydrogen-bond donors (Lipinski definition) is 1. The Labute approximate surface area is 129 Å². The highest BCUT2D eigenvalue weighted by atomic mass is 35.5. The lowest BCUT2D eigenvalue weighted by Crippen LogP contribution is -2.24. The molecule has 3 rings (SSSR count). The molecule has 0 amide bonds. The van der Waals surface area contributed by atoms with Crippen molar-refractivity contribution in [2.45, 2.75) is 45.6 Å². The summed E-state index contributed by atoms with van der Waals surface area (Å²) in [5.41, 5.74) is 7.83. The number of nitrogens with zero attached hydrogens (tertiary/aromatic N) is 4. The minimum absolute atomic E-state index is 0.325. The van der Waals surface area contributed by atoms with E-state index in [4.69, 9.17) is 17.3 Å². The van der Waals surface area contributed by atoms with Gasteiger partial charge in [-0.15, -0.1) is 5.10 Å². The Balaban J connectivity index is 1.94. The van der Waals surface area contributed by atoms with Crippen LogP contribution < -0.4 is 5.73 Å². The van der Waals surface area contributed by atoms with Crippen molar-refractivity contribution >= 4 is 17.3 Å². The van der Waals surface area contributed by atoms with Crippen molar-refractivity contribution in [1.29, 1.82) is 0 Å². The molecule has 0 radical (unpaired) electrons. The van der Waals surface area contributed by atoms with Gasteiger partial charge in [-0.05, 0) is 53.3 Å². The van der Waals surface area contributed by atoms with Gasteiger partial charge in [0, 0.05) is 16.3 Å². The molecular formula is C15H20ClN5. The molecule has 1 aliphatic carbocycles. The van der Waals surface area contributed by atoms with E-state index in [0.29, 0.717) is 16.1 Å². The maximum Gasteiger partial charge on any atom is 0.184 e. The Hall–Kier alpha value is -1.62. The summed E-state index contributed by atoms with van der Waals surface area (Å²) in [5, 5.41) is 12.8. The number of hydrogen-bond acceptors (Lipinski definition) is 4. The average Bonchev–Trinajstić information content (AvgIpc) is 3.10. The molecule has 0 saturated heterocycles. The first-order valence-electron chi connectivity index (χ1n) is 7.45. The molecule has 1 fully saturated rings. The second-order valence-corrected chi connectivity index (χ2v) is 6.39. The van der Waals surface area contributed by atoms with Gasteiger partial charge in [0.1, 0.15) is 0 Å². The Morgan fingerprint density at radius 1 is 1.33 bits per heavy atom. The third-order valence-electron chi connectivity index (χ3n) is 4.69. The van der Waals surface area contributed by atoms with Gasteiger partial charge in [0.15, 0.2) is 5.82 Å². The number of nitrogens with two attached hydrogens (primary N) is 1. The number of halogens is 1. The number of benzene rings is 1. The highest BCUT2D eigenvalue weighted by molar-refractivity contribution is 6.31. The van der Waals surface area contributed by atoms with Crippen LogP contribution in [0.1, 0.15) is 39.0 Å². The van der Waals surface area contributed by atoms with E-state index in [-0.39, 0.29) is 0 Å². The molecule has 1 heterocycles. The normalized spacial score (nSPS) is 17.2. The molecule has 0 atom stereocenters. The van der Waals surface area contributed by atoms with Crippen molar-refractivity contribution in [2.75, 3.05) is 5.73 Å². The molecule has 112 valence electrons. The minimum Gasteiger partial charge on any atom is -0.398 e. The van der Waals surface area contributed by atoms with Crippen LogP contribution in [0.3, 0.4) is 0 Å². The standard InChI is InChI=1S/C15H20ClN5/c1-2-15(7-3-4-8-15)10-21-14(18-19-20-21)12-6-5-11(16)9-13(12)17/h5-6,9H,2-4,7-8,10,17H2,1H3. The first-order valence-corrected chi connectivity index (χ1v) is 7.83. The lowest BCUT2D eigenvalue weighted by atomic mass is 9.83. The van der Waals surface area contributed by atoms with E-state index >= 15 is 0 Å². The topological polar surface area (TPSA) is 69.6 Å². The molecule has 5 nitrogen and oxygen atoms in total. The molecule has 21 heavy (non-hydrogen) atoms. The second kappa shape index (κ2) is 5.64. The molecular weight excluding hydrogens is 286 g/mol. The summed E-state index contributed by atoms with van der Waals surface area (Å²) in [4.78, 5) is 0. The van der Waals surface area contributed by atoms with Gasteiger partial charge < -0.3 is 5.73 Å². The monoisotopic (exact) mass is 305 g/mol. The molecule has 1 saturated carbocycles. The van der Waals surface area contributed by atoms with E-state index in [2.05, 4.69) is 22.4 Å². The molecule has 0 spiro atoms. The SMILES string of the molecule is CCC1(Cn2nnnc2-c2ccc(Cl)cc2N)CCCC1. The second-order valence-electron chi connectivity index (χ2n) is 5.95. The quantitative estimate of drug-likeness (QED) is 0.877. The van der Waals surface area contributed by atoms with Crippen molar-refractivity contribution < 1.29 is 0 Å². The lowest BCUT2D eigenvalue weighted by Gasteiger charge is -2.27. The van der Waals surface area contributed by atoms with Crippen LogP contribution in [0.5, 0.6) is 0 Å². The lowest BCUT2D eigenvalue weighted by molar-refractivity contribution is 0.226. The van der Waals surface area contributed by atoms with Gasteiger partial charge in [0.25, 0.3) is 0 Å². The molecule has 2 aromatic rings. The Bertz CT molecular complexity index is 631. The van der Waals surface area contributed by atoms with Crippen LogP contribution >= 0.6 is 11.6 Å². The zero-order valence-electron chi connectivity index (χ0n) is 12.2. The summed E-state index contributed by atoms with van der Waals surface area (Å²) in [5.74, 6) is 0.726. The molecule has 6 heteroatoms. The van der Waals surface area contributed by atoms with E-state index in [0.717, 1.165) is 24.4 Å². The van der Waals surface area contributed by atoms with Gasteiger partial charge in [-0.2, -0.15) is 0 Å². The van der Waals surface area contributed by atoms with Crippen molar-refractivity contribution in [2.24, 2.45) is 5.41 Å². The maximum atomic E-state index is 6.06. The van der Waals surface area contributed by atoms with E-state index in [9.17, 15) is 0 Å². The van der Waals surface area contributed by atoms with Crippen molar-refractivity contribution in [1.82, 2.24) is 20.2 Å².